The number of aromatic nitrogens is 3. The van der Waals surface area contributed by atoms with E-state index in [1.165, 1.54) is 0 Å². The molecule has 0 aliphatic heterocycles. The van der Waals surface area contributed by atoms with Crippen molar-refractivity contribution in [3.63, 3.8) is 0 Å². The lowest BCUT2D eigenvalue weighted by Crippen LogP contribution is -2.04. The lowest BCUT2D eigenvalue weighted by atomic mass is 10.1. The molecule has 0 radical (unpaired) electrons. The smallest absolute Gasteiger partial charge is 0.391 e. The first-order valence-electron chi connectivity index (χ1n) is 12.7. The van der Waals surface area contributed by atoms with Gasteiger partial charge in [-0.2, -0.15) is 0 Å². The fourth-order valence-corrected chi connectivity index (χ4v) is 4.84. The van der Waals surface area contributed by atoms with Crippen LogP contribution in [0.15, 0.2) is 114 Å². The summed E-state index contributed by atoms with van der Waals surface area (Å²) in [5.41, 5.74) is 6.14. The van der Waals surface area contributed by atoms with Gasteiger partial charge in [0.05, 0.1) is 24.1 Å². The van der Waals surface area contributed by atoms with Crippen LogP contribution in [0.2, 0.25) is 0 Å². The van der Waals surface area contributed by atoms with E-state index < -0.39 is 8.60 Å². The molecule has 8 nitrogen and oxygen atoms in total. The molecule has 3 aromatic carbocycles. The van der Waals surface area contributed by atoms with Crippen molar-refractivity contribution < 1.29 is 23.5 Å². The Balaban J connectivity index is 1.43. The van der Waals surface area contributed by atoms with Crippen LogP contribution in [0, 0.1) is 0 Å². The Morgan fingerprint density at radius 3 is 2.20 bits per heavy atom. The molecule has 0 saturated carbocycles. The summed E-state index contributed by atoms with van der Waals surface area (Å²) in [6, 6.07) is 31.0. The molecular formula is C31H26N3O5P. The Kier molecular flexibility index (Phi) is 7.55. The summed E-state index contributed by atoms with van der Waals surface area (Å²) in [5.74, 6) is 1.76. The summed E-state index contributed by atoms with van der Waals surface area (Å²) in [5, 5.41) is 0. The van der Waals surface area contributed by atoms with Crippen LogP contribution in [0.5, 0.6) is 11.6 Å². The minimum Gasteiger partial charge on any atom is -0.472 e. The highest BCUT2D eigenvalue weighted by Crippen LogP contribution is 2.31. The van der Waals surface area contributed by atoms with Crippen LogP contribution in [0.4, 0.5) is 0 Å². The van der Waals surface area contributed by atoms with Crippen molar-refractivity contribution in [3.05, 3.63) is 138 Å². The topological polar surface area (TPSA) is 102 Å². The average molecular weight is 552 g/mol. The van der Waals surface area contributed by atoms with Gasteiger partial charge < -0.3 is 23.5 Å². The quantitative estimate of drug-likeness (QED) is 0.192. The van der Waals surface area contributed by atoms with E-state index in [0.717, 1.165) is 45.2 Å². The highest BCUT2D eigenvalue weighted by atomic mass is 31.2. The molecule has 6 rings (SSSR count). The van der Waals surface area contributed by atoms with Crippen LogP contribution in [0.3, 0.4) is 0 Å². The second kappa shape index (κ2) is 11.7. The molecule has 2 N–H and O–H groups in total. The van der Waals surface area contributed by atoms with E-state index >= 15 is 0 Å². The summed E-state index contributed by atoms with van der Waals surface area (Å²) in [6.07, 6.45) is 4.69. The number of benzene rings is 3. The van der Waals surface area contributed by atoms with Gasteiger partial charge in [0.15, 0.2) is 5.65 Å². The Bertz CT molecular complexity index is 1690. The Morgan fingerprint density at radius 2 is 1.50 bits per heavy atom. The molecule has 0 atom stereocenters. The molecular weight excluding hydrogens is 525 g/mol. The molecule has 0 fully saturated rings. The van der Waals surface area contributed by atoms with E-state index in [0.29, 0.717) is 24.5 Å². The number of imidazole rings is 1. The Hall–Kier alpha value is -4.49. The molecule has 0 saturated heterocycles. The maximum absolute atomic E-state index is 9.11. The molecule has 0 aliphatic carbocycles. The first-order valence-corrected chi connectivity index (χ1v) is 13.9. The predicted molar refractivity (Wildman–Crippen MR) is 152 cm³/mol. The van der Waals surface area contributed by atoms with Gasteiger partial charge in [-0.3, -0.25) is 4.40 Å². The van der Waals surface area contributed by atoms with Crippen LogP contribution in [-0.2, 0) is 19.4 Å². The zero-order valence-electron chi connectivity index (χ0n) is 21.4. The molecule has 40 heavy (non-hydrogen) atoms. The van der Waals surface area contributed by atoms with Crippen molar-refractivity contribution in [2.24, 2.45) is 0 Å². The largest absolute Gasteiger partial charge is 0.472 e. The van der Waals surface area contributed by atoms with E-state index in [9.17, 15) is 0 Å². The molecule has 3 heterocycles. The third kappa shape index (κ3) is 5.90. The average Bonchev–Trinajstić information content (AvgIpc) is 3.61. The van der Waals surface area contributed by atoms with E-state index in [1.54, 1.807) is 18.4 Å². The lowest BCUT2D eigenvalue weighted by Gasteiger charge is -2.12. The summed E-state index contributed by atoms with van der Waals surface area (Å²) >= 11 is 0. The first-order chi connectivity index (χ1) is 19.6. The van der Waals surface area contributed by atoms with Crippen molar-refractivity contribution in [2.45, 2.75) is 19.4 Å². The fraction of sp³-hybridized carbons (Fsp3) is 0.0968. The molecule has 200 valence electrons. The second-order valence-corrected chi connectivity index (χ2v) is 9.88. The minimum absolute atomic E-state index is 0.267. The van der Waals surface area contributed by atoms with Crippen LogP contribution in [0.1, 0.15) is 28.3 Å². The Labute approximate surface area is 232 Å². The lowest BCUT2D eigenvalue weighted by molar-refractivity contribution is 0.287. The number of hydrogen-bond donors (Lipinski definition) is 2. The van der Waals surface area contributed by atoms with E-state index in [2.05, 4.69) is 12.1 Å². The van der Waals surface area contributed by atoms with E-state index in [4.69, 9.17) is 33.4 Å². The summed E-state index contributed by atoms with van der Waals surface area (Å²) in [7, 11) is -2.47. The van der Waals surface area contributed by atoms with Gasteiger partial charge in [0.25, 0.3) is 0 Å². The minimum atomic E-state index is -2.47. The van der Waals surface area contributed by atoms with Gasteiger partial charge in [-0.1, -0.05) is 72.8 Å². The van der Waals surface area contributed by atoms with Crippen molar-refractivity contribution >= 4 is 14.2 Å². The normalized spacial score (nSPS) is 11.3. The number of nitrogens with zero attached hydrogens (tertiary/aromatic N) is 3. The molecule has 0 amide bonds. The molecule has 0 aliphatic rings. The predicted octanol–water partition coefficient (Wildman–Crippen LogP) is 6.34. The van der Waals surface area contributed by atoms with E-state index in [-0.39, 0.29) is 6.61 Å². The van der Waals surface area contributed by atoms with Gasteiger partial charge >= 0.3 is 8.60 Å². The maximum Gasteiger partial charge on any atom is 0.391 e. The number of rotatable bonds is 10. The number of hydrogen-bond acceptors (Lipinski definition) is 7. The summed E-state index contributed by atoms with van der Waals surface area (Å²) in [4.78, 5) is 28.3. The fourth-order valence-electron chi connectivity index (χ4n) is 4.53. The van der Waals surface area contributed by atoms with Gasteiger partial charge in [-0.15, -0.1) is 0 Å². The maximum atomic E-state index is 9.11. The Morgan fingerprint density at radius 1 is 0.750 bits per heavy atom. The number of furan rings is 1. The van der Waals surface area contributed by atoms with Gasteiger partial charge in [-0.05, 0) is 35.4 Å². The van der Waals surface area contributed by atoms with Crippen LogP contribution in [0.25, 0.3) is 16.9 Å². The highest BCUT2D eigenvalue weighted by Gasteiger charge is 2.20. The first kappa shape index (κ1) is 25.8. The van der Waals surface area contributed by atoms with Gasteiger partial charge in [0.1, 0.15) is 23.8 Å². The van der Waals surface area contributed by atoms with Crippen LogP contribution >= 0.6 is 8.60 Å². The van der Waals surface area contributed by atoms with Gasteiger partial charge in [0, 0.05) is 18.2 Å². The van der Waals surface area contributed by atoms with Crippen molar-refractivity contribution in [1.82, 2.24) is 14.4 Å². The summed E-state index contributed by atoms with van der Waals surface area (Å²) < 4.78 is 19.0. The van der Waals surface area contributed by atoms with Gasteiger partial charge in [0.2, 0.25) is 5.88 Å². The van der Waals surface area contributed by atoms with Crippen LogP contribution in [-0.4, -0.2) is 24.2 Å². The molecule has 0 bridgehead atoms. The molecule has 6 aromatic rings. The van der Waals surface area contributed by atoms with Crippen molar-refractivity contribution in [2.75, 3.05) is 0 Å². The number of ether oxygens (including phenoxy) is 1. The van der Waals surface area contributed by atoms with E-state index in [1.807, 2.05) is 83.4 Å². The molecule has 3 aromatic heterocycles. The molecule has 9 heteroatoms. The van der Waals surface area contributed by atoms with Crippen molar-refractivity contribution in [3.8, 4) is 22.9 Å². The van der Waals surface area contributed by atoms with Gasteiger partial charge in [-0.25, -0.2) is 9.97 Å². The standard InChI is InChI=1S/C31H26N3O5P/c35-40(36)39-25-15-13-23(14-16-25)21-38-31-28(19-26-12-7-17-37-26)33-30-27(18-22-8-3-1-4-9-22)32-29(20-34(30)31)24-10-5-2-6-11-24/h1-17,20,35-36H,18-19,21H2. The molecule has 0 unspecified atom stereocenters. The molecule has 0 spiro atoms. The second-order valence-electron chi connectivity index (χ2n) is 9.19. The highest BCUT2D eigenvalue weighted by molar-refractivity contribution is 7.39. The van der Waals surface area contributed by atoms with Crippen LogP contribution < -0.4 is 9.26 Å². The third-order valence-electron chi connectivity index (χ3n) is 6.39. The van der Waals surface area contributed by atoms with Crippen molar-refractivity contribution in [1.29, 1.82) is 0 Å². The SMILES string of the molecule is OP(O)Oc1ccc(COc2c(Cc3ccco3)nc3c(Cc4ccccc4)nc(-c4ccccc4)cn23)cc1. The summed E-state index contributed by atoms with van der Waals surface area (Å²) in [6.45, 7) is 0.267. The zero-order valence-corrected chi connectivity index (χ0v) is 22.3. The third-order valence-corrected chi connectivity index (χ3v) is 6.77. The monoisotopic (exact) mass is 551 g/mol. The number of fused-ring (bicyclic) bond motifs is 1. The zero-order chi connectivity index (χ0) is 27.3.